The van der Waals surface area contributed by atoms with Crippen LogP contribution in [0.4, 0.5) is 5.82 Å². The predicted molar refractivity (Wildman–Crippen MR) is 126 cm³/mol. The fraction of sp³-hybridized carbons (Fsp3) is 0.739. The summed E-state index contributed by atoms with van der Waals surface area (Å²) in [6.45, 7) is 17.3. The Morgan fingerprint density at radius 1 is 1.23 bits per heavy atom. The summed E-state index contributed by atoms with van der Waals surface area (Å²) in [5, 5.41) is 6.95. The van der Waals surface area contributed by atoms with E-state index in [2.05, 4.69) is 59.2 Å². The summed E-state index contributed by atoms with van der Waals surface area (Å²) in [7, 11) is 0. The van der Waals surface area contributed by atoms with E-state index >= 15 is 0 Å². The number of aromatic nitrogens is 1. The van der Waals surface area contributed by atoms with Gasteiger partial charge in [-0.1, -0.05) is 13.8 Å². The minimum Gasteiger partial charge on any atom is -0.379 e. The maximum atomic E-state index is 5.65. The number of hydrogen-bond acceptors (Lipinski definition) is 6. The molecule has 2 fully saturated rings. The maximum absolute atomic E-state index is 5.65. The lowest BCUT2D eigenvalue weighted by Crippen LogP contribution is -2.52. The van der Waals surface area contributed by atoms with Crippen molar-refractivity contribution in [3.05, 3.63) is 23.9 Å². The summed E-state index contributed by atoms with van der Waals surface area (Å²) in [5.74, 6) is 2.43. The topological polar surface area (TPSA) is 74.2 Å². The van der Waals surface area contributed by atoms with Gasteiger partial charge < -0.3 is 25.0 Å². The first-order valence-corrected chi connectivity index (χ1v) is 11.7. The molecule has 0 aromatic carbocycles. The Morgan fingerprint density at radius 2 is 2.03 bits per heavy atom. The number of hydrogen-bond donors (Lipinski definition) is 2. The highest BCUT2D eigenvalue weighted by Crippen LogP contribution is 2.17. The van der Waals surface area contributed by atoms with Crippen molar-refractivity contribution in [2.75, 3.05) is 64.0 Å². The van der Waals surface area contributed by atoms with Crippen molar-refractivity contribution >= 4 is 11.8 Å². The molecule has 1 aromatic heterocycles. The van der Waals surface area contributed by atoms with Crippen molar-refractivity contribution in [2.24, 2.45) is 10.9 Å². The van der Waals surface area contributed by atoms with E-state index in [1.165, 1.54) is 0 Å². The Kier molecular flexibility index (Phi) is 9.36. The molecular formula is C23H40N6O2. The van der Waals surface area contributed by atoms with Gasteiger partial charge in [-0.25, -0.2) is 9.98 Å². The van der Waals surface area contributed by atoms with Gasteiger partial charge in [0.2, 0.25) is 0 Å². The summed E-state index contributed by atoms with van der Waals surface area (Å²) < 4.78 is 11.2. The highest BCUT2D eigenvalue weighted by atomic mass is 16.5. The highest BCUT2D eigenvalue weighted by Gasteiger charge is 2.24. The van der Waals surface area contributed by atoms with Gasteiger partial charge in [0, 0.05) is 51.5 Å². The smallest absolute Gasteiger partial charge is 0.191 e. The van der Waals surface area contributed by atoms with Gasteiger partial charge in [0.05, 0.1) is 32.5 Å². The molecule has 0 bridgehead atoms. The third-order valence-electron chi connectivity index (χ3n) is 5.90. The molecule has 0 radical (unpaired) electrons. The third-order valence-corrected chi connectivity index (χ3v) is 5.90. The molecule has 0 aliphatic carbocycles. The molecule has 1 aromatic rings. The van der Waals surface area contributed by atoms with Gasteiger partial charge in [0.15, 0.2) is 5.96 Å². The van der Waals surface area contributed by atoms with Gasteiger partial charge in [0.1, 0.15) is 5.82 Å². The molecular weight excluding hydrogens is 392 g/mol. The van der Waals surface area contributed by atoms with Crippen LogP contribution in [0.2, 0.25) is 0 Å². The Bertz CT molecular complexity index is 692. The molecule has 3 heterocycles. The molecule has 2 aliphatic heterocycles. The Morgan fingerprint density at radius 3 is 2.74 bits per heavy atom. The molecule has 2 aliphatic rings. The maximum Gasteiger partial charge on any atom is 0.191 e. The van der Waals surface area contributed by atoms with Crippen LogP contribution in [0.3, 0.4) is 0 Å². The lowest BCUT2D eigenvalue weighted by Gasteiger charge is -2.37. The normalized spacial score (nSPS) is 21.9. The van der Waals surface area contributed by atoms with Crippen LogP contribution in [0.5, 0.6) is 0 Å². The number of nitrogens with zero attached hydrogens (tertiary/aromatic N) is 4. The molecule has 8 nitrogen and oxygen atoms in total. The Balaban J connectivity index is 1.60. The van der Waals surface area contributed by atoms with Crippen molar-refractivity contribution < 1.29 is 9.47 Å². The second kappa shape index (κ2) is 12.2. The van der Waals surface area contributed by atoms with Gasteiger partial charge >= 0.3 is 0 Å². The highest BCUT2D eigenvalue weighted by molar-refractivity contribution is 5.79. The van der Waals surface area contributed by atoms with Crippen LogP contribution in [-0.4, -0.2) is 87.1 Å². The lowest BCUT2D eigenvalue weighted by atomic mass is 10.0. The van der Waals surface area contributed by atoms with E-state index in [9.17, 15) is 0 Å². The second-order valence-corrected chi connectivity index (χ2v) is 8.69. The number of aliphatic imine (C=N–C) groups is 1. The molecule has 31 heavy (non-hydrogen) atoms. The van der Waals surface area contributed by atoms with Crippen LogP contribution >= 0.6 is 0 Å². The summed E-state index contributed by atoms with van der Waals surface area (Å²) >= 11 is 0. The number of pyridine rings is 1. The Hall–Kier alpha value is -1.90. The van der Waals surface area contributed by atoms with E-state index in [0.717, 1.165) is 76.4 Å². The largest absolute Gasteiger partial charge is 0.379 e. The van der Waals surface area contributed by atoms with E-state index < -0.39 is 0 Å². The zero-order chi connectivity index (χ0) is 22.1. The van der Waals surface area contributed by atoms with E-state index in [0.29, 0.717) is 18.5 Å². The molecule has 0 amide bonds. The average molecular weight is 433 g/mol. The van der Waals surface area contributed by atoms with E-state index in [-0.39, 0.29) is 6.10 Å². The van der Waals surface area contributed by atoms with E-state index in [1.807, 2.05) is 12.3 Å². The Labute approximate surface area is 187 Å². The standard InChI is InChI=1S/C23H40N6O2/c1-5-24-23(27-16-21(18(2)3)28-8-11-30-12-9-28)26-15-20-6-7-25-22(14-20)29-10-13-31-19(4)17-29/h6-7,14,18-19,21H,5,8-13,15-17H2,1-4H3,(H2,24,26,27). The van der Waals surface area contributed by atoms with E-state index in [4.69, 9.17) is 14.5 Å². The van der Waals surface area contributed by atoms with Crippen LogP contribution in [0.15, 0.2) is 23.3 Å². The fourth-order valence-corrected chi connectivity index (χ4v) is 4.17. The zero-order valence-corrected chi connectivity index (χ0v) is 19.6. The van der Waals surface area contributed by atoms with Crippen molar-refractivity contribution in [3.63, 3.8) is 0 Å². The summed E-state index contributed by atoms with van der Waals surface area (Å²) in [6, 6.07) is 4.66. The summed E-state index contributed by atoms with van der Waals surface area (Å²) in [4.78, 5) is 14.2. The molecule has 2 N–H and O–H groups in total. The van der Waals surface area contributed by atoms with Gasteiger partial charge in [-0.3, -0.25) is 4.90 Å². The minimum atomic E-state index is 0.238. The number of rotatable bonds is 8. The van der Waals surface area contributed by atoms with Crippen molar-refractivity contribution in [3.8, 4) is 0 Å². The number of nitrogens with one attached hydrogen (secondary N) is 2. The van der Waals surface area contributed by atoms with Gasteiger partial charge in [-0.15, -0.1) is 0 Å². The minimum absolute atomic E-state index is 0.238. The molecule has 2 saturated heterocycles. The van der Waals surface area contributed by atoms with Gasteiger partial charge in [-0.05, 0) is 37.5 Å². The predicted octanol–water partition coefficient (Wildman–Crippen LogP) is 1.72. The lowest BCUT2D eigenvalue weighted by molar-refractivity contribution is 0.00752. The first kappa shape index (κ1) is 23.8. The van der Waals surface area contributed by atoms with Crippen LogP contribution in [0, 0.1) is 5.92 Å². The van der Waals surface area contributed by atoms with Crippen LogP contribution < -0.4 is 15.5 Å². The van der Waals surface area contributed by atoms with Crippen molar-refractivity contribution in [1.82, 2.24) is 20.5 Å². The number of anilines is 1. The number of guanidine groups is 1. The number of morpholine rings is 2. The fourth-order valence-electron chi connectivity index (χ4n) is 4.17. The molecule has 0 spiro atoms. The van der Waals surface area contributed by atoms with Crippen molar-refractivity contribution in [1.29, 1.82) is 0 Å². The second-order valence-electron chi connectivity index (χ2n) is 8.69. The molecule has 8 heteroatoms. The average Bonchev–Trinajstić information content (AvgIpc) is 2.78. The summed E-state index contributed by atoms with van der Waals surface area (Å²) in [5.41, 5.74) is 1.16. The van der Waals surface area contributed by atoms with Gasteiger partial charge in [-0.2, -0.15) is 0 Å². The first-order valence-electron chi connectivity index (χ1n) is 11.7. The third kappa shape index (κ3) is 7.33. The van der Waals surface area contributed by atoms with Crippen LogP contribution in [-0.2, 0) is 16.0 Å². The molecule has 2 unspecified atom stereocenters. The SMILES string of the molecule is CCNC(=NCc1ccnc(N2CCOC(C)C2)c1)NCC(C(C)C)N1CCOCC1. The first-order chi connectivity index (χ1) is 15.1. The van der Waals surface area contributed by atoms with Crippen LogP contribution in [0.1, 0.15) is 33.3 Å². The molecule has 3 rings (SSSR count). The molecule has 2 atom stereocenters. The molecule has 174 valence electrons. The number of ether oxygens (including phenoxy) is 2. The summed E-state index contributed by atoms with van der Waals surface area (Å²) in [6.07, 6.45) is 2.12. The zero-order valence-electron chi connectivity index (χ0n) is 19.6. The van der Waals surface area contributed by atoms with Gasteiger partial charge in [0.25, 0.3) is 0 Å². The van der Waals surface area contributed by atoms with E-state index in [1.54, 1.807) is 0 Å². The monoisotopic (exact) mass is 432 g/mol. The van der Waals surface area contributed by atoms with Crippen LogP contribution in [0.25, 0.3) is 0 Å². The quantitative estimate of drug-likeness (QED) is 0.479. The van der Waals surface area contributed by atoms with Crippen molar-refractivity contribution in [2.45, 2.75) is 46.4 Å². The molecule has 0 saturated carbocycles.